The topological polar surface area (TPSA) is 0 Å². The van der Waals surface area contributed by atoms with Crippen molar-refractivity contribution >= 4 is 40.2 Å². The summed E-state index contributed by atoms with van der Waals surface area (Å²) in [6, 6.07) is 23.2. The monoisotopic (exact) mass is 546 g/mol. The van der Waals surface area contributed by atoms with Crippen molar-refractivity contribution in [3.05, 3.63) is 102 Å². The minimum Gasteiger partial charge on any atom is -0.147 e. The van der Waals surface area contributed by atoms with E-state index in [4.69, 9.17) is 0 Å². The van der Waals surface area contributed by atoms with Gasteiger partial charge < -0.3 is 0 Å². The third-order valence-corrected chi connectivity index (χ3v) is 27.1. The van der Waals surface area contributed by atoms with Gasteiger partial charge in [0, 0.05) is 0 Å². The Bertz CT molecular complexity index is 1190. The van der Waals surface area contributed by atoms with Gasteiger partial charge in [-0.15, -0.1) is 24.8 Å². The van der Waals surface area contributed by atoms with Gasteiger partial charge in [0.25, 0.3) is 0 Å². The minimum atomic E-state index is -3.94. The molecule has 0 aliphatic heterocycles. The van der Waals surface area contributed by atoms with Crippen LogP contribution in [-0.4, -0.2) is 7.63 Å². The summed E-state index contributed by atoms with van der Waals surface area (Å²) in [5, 5.41) is 0. The van der Waals surface area contributed by atoms with Crippen molar-refractivity contribution in [2.45, 2.75) is 55.4 Å². The first-order chi connectivity index (χ1) is 15.1. The average Bonchev–Trinajstić information content (AvgIpc) is 3.13. The Morgan fingerprint density at radius 1 is 0.529 bits per heavy atom. The Balaban J connectivity index is 0.00000204. The molecule has 0 nitrogen and oxygen atoms in total. The first kappa shape index (κ1) is 29.1. The van der Waals surface area contributed by atoms with E-state index in [1.54, 1.807) is 37.8 Å². The summed E-state index contributed by atoms with van der Waals surface area (Å²) >= 11 is -3.94. The number of hydrogen-bond donors (Lipinski definition) is 0. The Labute approximate surface area is 222 Å². The summed E-state index contributed by atoms with van der Waals surface area (Å²) in [5.74, 6) is 0.942. The molecule has 0 saturated carbocycles. The Kier molecular flexibility index (Phi) is 8.67. The van der Waals surface area contributed by atoms with Crippen molar-refractivity contribution in [3.8, 4) is 0 Å². The molecular formula is C30H40Cl2SiTi. The second-order valence-electron chi connectivity index (χ2n) is 10.3. The maximum atomic E-state index is 2.47. The van der Waals surface area contributed by atoms with Gasteiger partial charge in [-0.1, -0.05) is 0 Å². The van der Waals surface area contributed by atoms with Gasteiger partial charge >= 0.3 is 198 Å². The van der Waals surface area contributed by atoms with Crippen LogP contribution < -0.4 is 7.74 Å². The summed E-state index contributed by atoms with van der Waals surface area (Å²) in [4.78, 5) is 0. The van der Waals surface area contributed by atoms with Gasteiger partial charge in [-0.05, 0) is 0 Å². The van der Waals surface area contributed by atoms with Gasteiger partial charge in [-0.2, -0.15) is 0 Å². The second-order valence-corrected chi connectivity index (χ2v) is 24.2. The molecule has 0 bridgehead atoms. The van der Waals surface area contributed by atoms with Crippen LogP contribution in [0, 0.1) is 11.8 Å². The third kappa shape index (κ3) is 3.66. The normalized spacial score (nSPS) is 21.2. The molecule has 2 aliphatic carbocycles. The predicted octanol–water partition coefficient (Wildman–Crippen LogP) is 7.24. The molecule has 4 rings (SSSR count). The SMILES string of the molecule is CC1=C(C)C(C)[C]([Ti](=[SiH2])([C]2=C(C)C(C)=C(C)C2C)([c]2ccccc2)[c]2ccccc2)=C1C.Cl.Cl. The van der Waals surface area contributed by atoms with Crippen LogP contribution in [0.4, 0.5) is 0 Å². The quantitative estimate of drug-likeness (QED) is 0.354. The fraction of sp³-hybridized carbons (Fsp3) is 0.333. The van der Waals surface area contributed by atoms with Crippen LogP contribution in [0.25, 0.3) is 0 Å². The molecule has 2 aromatic carbocycles. The fourth-order valence-electron chi connectivity index (χ4n) is 7.06. The number of benzene rings is 2. The molecule has 0 N–H and O–H groups in total. The van der Waals surface area contributed by atoms with Crippen molar-refractivity contribution < 1.29 is 14.0 Å². The molecule has 0 heterocycles. The van der Waals surface area contributed by atoms with Crippen LogP contribution in [0.1, 0.15) is 55.4 Å². The van der Waals surface area contributed by atoms with E-state index < -0.39 is 14.0 Å². The molecule has 2 unspecified atom stereocenters. The maximum Gasteiger partial charge on any atom is -0.147 e. The third-order valence-electron chi connectivity index (χ3n) is 9.29. The van der Waals surface area contributed by atoms with Crippen LogP contribution in [-0.2, 0) is 14.0 Å². The molecular weight excluding hydrogens is 507 g/mol. The van der Waals surface area contributed by atoms with Crippen molar-refractivity contribution in [2.75, 3.05) is 0 Å². The van der Waals surface area contributed by atoms with Gasteiger partial charge in [-0.25, -0.2) is 0 Å². The van der Waals surface area contributed by atoms with Crippen LogP contribution >= 0.6 is 24.8 Å². The van der Waals surface area contributed by atoms with Gasteiger partial charge in [0.2, 0.25) is 0 Å². The molecule has 2 atom stereocenters. The molecule has 0 radical (unpaired) electrons. The van der Waals surface area contributed by atoms with Crippen molar-refractivity contribution in [1.82, 2.24) is 0 Å². The Morgan fingerprint density at radius 2 is 0.824 bits per heavy atom. The minimum absolute atomic E-state index is 0. The standard InChI is InChI=1S/2C9H13.2C6H5.2ClH.H2Si.Ti/c2*1-6-5-7(2)9(4)8(6)3;2*1-2-4-6-5-3-1;;;;/h2*6H,1-4H3;2*1-5H;2*1H;1H2;. The molecule has 182 valence electrons. The summed E-state index contributed by atoms with van der Waals surface area (Å²) in [5.41, 5.74) is 9.21. The summed E-state index contributed by atoms with van der Waals surface area (Å²) in [6.45, 7) is 19.2. The molecule has 0 fully saturated rings. The molecule has 34 heavy (non-hydrogen) atoms. The number of rotatable bonds is 4. The molecule has 0 saturated heterocycles. The smallest absolute Gasteiger partial charge is 0.147 e. The van der Waals surface area contributed by atoms with Crippen LogP contribution in [0.5, 0.6) is 0 Å². The summed E-state index contributed by atoms with van der Waals surface area (Å²) in [6.07, 6.45) is 0. The van der Waals surface area contributed by atoms with E-state index in [1.165, 1.54) is 11.1 Å². The van der Waals surface area contributed by atoms with Crippen molar-refractivity contribution in [1.29, 1.82) is 0 Å². The first-order valence-electron chi connectivity index (χ1n) is 12.0. The van der Waals surface area contributed by atoms with E-state index in [0.29, 0.717) is 11.8 Å². The van der Waals surface area contributed by atoms with Crippen molar-refractivity contribution in [3.63, 3.8) is 0 Å². The summed E-state index contributed by atoms with van der Waals surface area (Å²) in [7, 11) is 2.41. The first-order valence-corrected chi connectivity index (χ1v) is 19.1. The Hall–Kier alpha value is -1.09. The summed E-state index contributed by atoms with van der Waals surface area (Å²) < 4.78 is 6.63. The molecule has 0 aromatic heterocycles. The Morgan fingerprint density at radius 3 is 1.06 bits per heavy atom. The van der Waals surface area contributed by atoms with E-state index in [-0.39, 0.29) is 24.8 Å². The second kappa shape index (κ2) is 10.1. The van der Waals surface area contributed by atoms with Crippen molar-refractivity contribution in [2.24, 2.45) is 11.8 Å². The van der Waals surface area contributed by atoms with E-state index in [9.17, 15) is 0 Å². The zero-order valence-corrected chi connectivity index (χ0v) is 26.6. The zero-order valence-electron chi connectivity index (χ0n) is 22.0. The molecule has 0 spiro atoms. The number of halogens is 2. The van der Waals surface area contributed by atoms with E-state index in [0.717, 1.165) is 0 Å². The largest absolute Gasteiger partial charge is 0.147 e. The molecule has 2 aromatic rings. The average molecular weight is 548 g/mol. The maximum absolute atomic E-state index is 3.94. The van der Waals surface area contributed by atoms with Crippen LogP contribution in [0.2, 0.25) is 0 Å². The molecule has 4 heteroatoms. The number of hydrogen-bond acceptors (Lipinski definition) is 0. The van der Waals surface area contributed by atoms with Gasteiger partial charge in [0.1, 0.15) is 0 Å². The fourth-order valence-corrected chi connectivity index (χ4v) is 26.4. The molecule has 0 amide bonds. The zero-order chi connectivity index (χ0) is 23.4. The van der Waals surface area contributed by atoms with Crippen LogP contribution in [0.3, 0.4) is 0 Å². The van der Waals surface area contributed by atoms with E-state index >= 15 is 0 Å². The molecule has 2 aliphatic rings. The number of allylic oxidation sites excluding steroid dienone is 8. The van der Waals surface area contributed by atoms with E-state index in [1.807, 2.05) is 0 Å². The van der Waals surface area contributed by atoms with Gasteiger partial charge in [-0.3, -0.25) is 0 Å². The van der Waals surface area contributed by atoms with Gasteiger partial charge in [0.15, 0.2) is 0 Å². The predicted molar refractivity (Wildman–Crippen MR) is 156 cm³/mol. The van der Waals surface area contributed by atoms with E-state index in [2.05, 4.69) is 124 Å². The van der Waals surface area contributed by atoms with Gasteiger partial charge in [0.05, 0.1) is 0 Å². The van der Waals surface area contributed by atoms with Crippen LogP contribution in [0.15, 0.2) is 102 Å².